The molecule has 1 unspecified atom stereocenters. The number of nitro groups is 1. The number of aromatic nitrogens is 2. The van der Waals surface area contributed by atoms with Crippen LogP contribution in [-0.2, 0) is 15.5 Å². The van der Waals surface area contributed by atoms with Gasteiger partial charge in [-0.25, -0.2) is 4.79 Å². The minimum absolute atomic E-state index is 0.0762. The average Bonchev–Trinajstić information content (AvgIpc) is 2.50. The van der Waals surface area contributed by atoms with E-state index in [4.69, 9.17) is 5.73 Å². The van der Waals surface area contributed by atoms with E-state index >= 15 is 0 Å². The van der Waals surface area contributed by atoms with Crippen LogP contribution in [0.5, 0.6) is 0 Å². The van der Waals surface area contributed by atoms with Gasteiger partial charge in [0.15, 0.2) is 0 Å². The number of nitrogens with two attached hydrogens (primary N) is 1. The first-order valence-corrected chi connectivity index (χ1v) is 8.01. The van der Waals surface area contributed by atoms with Crippen molar-refractivity contribution in [2.24, 2.45) is 0 Å². The van der Waals surface area contributed by atoms with Crippen LogP contribution in [0.2, 0.25) is 0 Å². The van der Waals surface area contributed by atoms with Gasteiger partial charge in [-0.05, 0) is 6.92 Å². The van der Waals surface area contributed by atoms with E-state index in [1.54, 1.807) is 6.92 Å². The first-order chi connectivity index (χ1) is 10.9. The van der Waals surface area contributed by atoms with Gasteiger partial charge in [0.2, 0.25) is 16.8 Å². The molecule has 0 bridgehead atoms. The summed E-state index contributed by atoms with van der Waals surface area (Å²) < 4.78 is 15.8. The van der Waals surface area contributed by atoms with Gasteiger partial charge in [-0.15, -0.1) is 13.2 Å². The molecule has 1 rings (SSSR count). The van der Waals surface area contributed by atoms with Crippen molar-refractivity contribution in [3.63, 3.8) is 0 Å². The van der Waals surface area contributed by atoms with Crippen molar-refractivity contribution >= 4 is 34.2 Å². The van der Waals surface area contributed by atoms with E-state index in [-0.39, 0.29) is 11.8 Å². The molecule has 0 saturated heterocycles. The number of hydrogen-bond acceptors (Lipinski definition) is 8. The summed E-state index contributed by atoms with van der Waals surface area (Å²) in [4.78, 5) is 28.4. The van der Waals surface area contributed by atoms with E-state index < -0.39 is 39.1 Å². The summed E-state index contributed by atoms with van der Waals surface area (Å²) in [6, 6.07) is 0. The highest BCUT2D eigenvalue weighted by atomic mass is 32.2. The third-order valence-electron chi connectivity index (χ3n) is 1.83. The summed E-state index contributed by atoms with van der Waals surface area (Å²) in [6.07, 6.45) is 0.339. The normalized spacial score (nSPS) is 10.1. The summed E-state index contributed by atoms with van der Waals surface area (Å²) in [5, 5.41) is 12.7. The first kappa shape index (κ1) is 22.7. The van der Waals surface area contributed by atoms with Gasteiger partial charge in [0.25, 0.3) is 0 Å². The first-order valence-electron chi connectivity index (χ1n) is 6.45. The van der Waals surface area contributed by atoms with Crippen molar-refractivity contribution in [1.29, 1.82) is 0 Å². The molecule has 0 spiro atoms. The Labute approximate surface area is 136 Å². The number of carbonyl (C=O) groups excluding carboxylic acids is 1. The van der Waals surface area contributed by atoms with Gasteiger partial charge < -0.3 is 10.5 Å². The number of ether oxygens (including phenoxy) is 1. The van der Waals surface area contributed by atoms with E-state index in [9.17, 15) is 19.1 Å². The van der Waals surface area contributed by atoms with Crippen molar-refractivity contribution in [2.75, 3.05) is 23.9 Å². The summed E-state index contributed by atoms with van der Waals surface area (Å²) in [7, 11) is -1.61. The molecular weight excluding hydrogens is 326 g/mol. The molecule has 3 N–H and O–H groups in total. The van der Waals surface area contributed by atoms with Crippen LogP contribution in [0.25, 0.3) is 0 Å². The SMILES string of the molecule is C=C.CC.CCOC(=O)Nc1nc(S(C)=O)nc(N)c1[N+](=O)[O-]. The van der Waals surface area contributed by atoms with E-state index in [2.05, 4.69) is 33.2 Å². The second-order valence-corrected chi connectivity index (χ2v) is 4.42. The number of anilines is 2. The molecule has 1 heterocycles. The molecule has 0 aromatic carbocycles. The summed E-state index contributed by atoms with van der Waals surface area (Å²) >= 11 is 0. The second kappa shape index (κ2) is 12.0. The van der Waals surface area contributed by atoms with Gasteiger partial charge in [-0.1, -0.05) is 13.8 Å². The highest BCUT2D eigenvalue weighted by molar-refractivity contribution is 7.84. The highest BCUT2D eigenvalue weighted by Gasteiger charge is 2.25. The van der Waals surface area contributed by atoms with Crippen molar-refractivity contribution in [3.8, 4) is 0 Å². The molecule has 11 heteroatoms. The molecule has 0 radical (unpaired) electrons. The fourth-order valence-electron chi connectivity index (χ4n) is 1.11. The Bertz CT molecular complexity index is 567. The number of nitrogens with one attached hydrogen (secondary N) is 1. The van der Waals surface area contributed by atoms with Crippen LogP contribution in [0.1, 0.15) is 20.8 Å². The molecule has 10 nitrogen and oxygen atoms in total. The quantitative estimate of drug-likeness (QED) is 0.364. The maximum absolute atomic E-state index is 11.3. The van der Waals surface area contributed by atoms with Crippen LogP contribution in [-0.4, -0.2) is 38.1 Å². The maximum atomic E-state index is 11.3. The second-order valence-electron chi connectivity index (χ2n) is 3.15. The Kier molecular flexibility index (Phi) is 11.9. The van der Waals surface area contributed by atoms with E-state index in [0.29, 0.717) is 0 Å². The topological polar surface area (TPSA) is 150 Å². The lowest BCUT2D eigenvalue weighted by molar-refractivity contribution is -0.383. The van der Waals surface area contributed by atoms with Crippen molar-refractivity contribution in [2.45, 2.75) is 25.9 Å². The lowest BCUT2D eigenvalue weighted by Gasteiger charge is -2.07. The molecule has 0 aliphatic rings. The van der Waals surface area contributed by atoms with Crippen LogP contribution in [0.4, 0.5) is 22.1 Å². The van der Waals surface area contributed by atoms with Crippen LogP contribution in [0.3, 0.4) is 0 Å². The minimum atomic E-state index is -1.61. The van der Waals surface area contributed by atoms with Crippen LogP contribution in [0, 0.1) is 10.1 Å². The minimum Gasteiger partial charge on any atom is -0.450 e. The molecule has 1 aromatic heterocycles. The van der Waals surface area contributed by atoms with E-state index in [0.717, 1.165) is 0 Å². The van der Waals surface area contributed by atoms with Crippen molar-refractivity contribution in [1.82, 2.24) is 9.97 Å². The van der Waals surface area contributed by atoms with Gasteiger partial charge in [0, 0.05) is 6.26 Å². The third-order valence-corrected chi connectivity index (χ3v) is 2.52. The fourth-order valence-corrected chi connectivity index (χ4v) is 1.56. The Hall–Kier alpha value is -2.56. The van der Waals surface area contributed by atoms with Gasteiger partial charge in [-0.2, -0.15) is 9.97 Å². The Morgan fingerprint density at radius 2 is 1.96 bits per heavy atom. The summed E-state index contributed by atoms with van der Waals surface area (Å²) in [6.45, 7) is 11.6. The molecule has 0 fully saturated rings. The Morgan fingerprint density at radius 3 is 2.35 bits per heavy atom. The number of hydrogen-bond donors (Lipinski definition) is 2. The Morgan fingerprint density at radius 1 is 1.43 bits per heavy atom. The third kappa shape index (κ3) is 7.31. The van der Waals surface area contributed by atoms with Crippen LogP contribution < -0.4 is 11.1 Å². The molecule has 0 aliphatic heterocycles. The molecule has 23 heavy (non-hydrogen) atoms. The number of nitrogens with zero attached hydrogens (tertiary/aromatic N) is 3. The van der Waals surface area contributed by atoms with E-state index in [1.807, 2.05) is 13.8 Å². The lowest BCUT2D eigenvalue weighted by atomic mass is 10.4. The molecular formula is C12H21N5O5S. The zero-order valence-electron chi connectivity index (χ0n) is 13.5. The molecule has 0 aliphatic carbocycles. The predicted octanol–water partition coefficient (Wildman–Crippen LogP) is 2.10. The Balaban J connectivity index is 0. The zero-order valence-corrected chi connectivity index (χ0v) is 14.3. The largest absolute Gasteiger partial charge is 0.450 e. The number of carbonyl (C=O) groups is 1. The molecule has 1 aromatic rings. The van der Waals surface area contributed by atoms with Crippen LogP contribution in [0.15, 0.2) is 18.3 Å². The monoisotopic (exact) mass is 347 g/mol. The van der Waals surface area contributed by atoms with Crippen LogP contribution >= 0.6 is 0 Å². The standard InChI is InChI=1S/C8H11N5O5S.C2H6.C2H4/c1-3-18-8(14)12-6-4(13(15)16)5(9)10-7(11-6)19(2)17;2*1-2/h3H2,1-2H3,(H3,9,10,11,12,14);1-2H3;1-2H2. The molecule has 1 amide bonds. The number of rotatable bonds is 4. The van der Waals surface area contributed by atoms with Gasteiger partial charge >= 0.3 is 11.8 Å². The highest BCUT2D eigenvalue weighted by Crippen LogP contribution is 2.28. The predicted molar refractivity (Wildman–Crippen MR) is 88.7 cm³/mol. The maximum Gasteiger partial charge on any atom is 0.412 e. The van der Waals surface area contributed by atoms with Gasteiger partial charge in [-0.3, -0.25) is 19.6 Å². The fraction of sp³-hybridized carbons (Fsp3) is 0.417. The average molecular weight is 347 g/mol. The van der Waals surface area contributed by atoms with Crippen molar-refractivity contribution in [3.05, 3.63) is 23.3 Å². The van der Waals surface area contributed by atoms with Crippen molar-refractivity contribution < 1.29 is 18.7 Å². The number of amides is 1. The molecule has 130 valence electrons. The zero-order chi connectivity index (χ0) is 18.6. The smallest absolute Gasteiger partial charge is 0.412 e. The molecule has 0 saturated carbocycles. The lowest BCUT2D eigenvalue weighted by Crippen LogP contribution is -2.18. The van der Waals surface area contributed by atoms with Gasteiger partial charge in [0.1, 0.15) is 0 Å². The van der Waals surface area contributed by atoms with E-state index in [1.165, 1.54) is 6.26 Å². The van der Waals surface area contributed by atoms with Gasteiger partial charge in [0.05, 0.1) is 22.3 Å². The number of nitrogen functional groups attached to an aromatic ring is 1. The summed E-state index contributed by atoms with van der Waals surface area (Å²) in [5.41, 5.74) is 4.71. The molecule has 1 atom stereocenters. The summed E-state index contributed by atoms with van der Waals surface area (Å²) in [5.74, 6) is -0.946.